The van der Waals surface area contributed by atoms with Crippen LogP contribution >= 0.6 is 0 Å². The number of hydrogen-bond donors (Lipinski definition) is 0. The smallest absolute Gasteiger partial charge is 0.164 e. The minimum atomic E-state index is -0.734. The average molecular weight is 574 g/mol. The van der Waals surface area contributed by atoms with Gasteiger partial charge in [0.1, 0.15) is 5.41 Å². The van der Waals surface area contributed by atoms with Crippen molar-refractivity contribution >= 4 is 21.5 Å². The fourth-order valence-corrected chi connectivity index (χ4v) is 7.22. The minimum absolute atomic E-state index is 0.657. The van der Waals surface area contributed by atoms with E-state index in [2.05, 4.69) is 146 Å². The van der Waals surface area contributed by atoms with Gasteiger partial charge < -0.3 is 0 Å². The van der Waals surface area contributed by atoms with Crippen LogP contribution in [0, 0.1) is 0 Å². The highest BCUT2D eigenvalue weighted by Crippen LogP contribution is 2.55. The number of aromatic nitrogens is 3. The van der Waals surface area contributed by atoms with E-state index in [0.717, 1.165) is 27.5 Å². The summed E-state index contributed by atoms with van der Waals surface area (Å²) < 4.78 is 0. The summed E-state index contributed by atoms with van der Waals surface area (Å²) in [7, 11) is 0. The van der Waals surface area contributed by atoms with Crippen molar-refractivity contribution in [3.8, 4) is 33.9 Å². The highest BCUT2D eigenvalue weighted by Gasteiger charge is 2.48. The van der Waals surface area contributed by atoms with Crippen LogP contribution in [0.2, 0.25) is 0 Å². The SMILES string of the molecule is c1ccc(-c2nc(-c3cc4ccccc4c4ccccc34)nc(C3(c4ccccc4)c4ccccc4-c4ccccc43)n2)cc1. The van der Waals surface area contributed by atoms with Gasteiger partial charge in [-0.2, -0.15) is 0 Å². The molecule has 9 rings (SSSR count). The normalized spacial score (nSPS) is 13.1. The molecule has 1 heterocycles. The first-order chi connectivity index (χ1) is 22.3. The van der Waals surface area contributed by atoms with Crippen molar-refractivity contribution < 1.29 is 0 Å². The Kier molecular flexibility index (Phi) is 5.72. The van der Waals surface area contributed by atoms with Crippen LogP contribution < -0.4 is 0 Å². The number of fused-ring (bicyclic) bond motifs is 6. The van der Waals surface area contributed by atoms with Gasteiger partial charge in [-0.3, -0.25) is 0 Å². The third kappa shape index (κ3) is 3.81. The quantitative estimate of drug-likeness (QED) is 0.197. The molecule has 0 fully saturated rings. The second-order valence-electron chi connectivity index (χ2n) is 11.6. The first kappa shape index (κ1) is 25.6. The zero-order chi connectivity index (χ0) is 29.8. The molecular formula is C42H27N3. The van der Waals surface area contributed by atoms with Gasteiger partial charge in [-0.05, 0) is 55.4 Å². The third-order valence-electron chi connectivity index (χ3n) is 9.17. The Morgan fingerprint density at radius 3 is 1.62 bits per heavy atom. The molecule has 1 aliphatic carbocycles. The Hall–Kier alpha value is -5.93. The summed E-state index contributed by atoms with van der Waals surface area (Å²) >= 11 is 0. The summed E-state index contributed by atoms with van der Waals surface area (Å²) in [4.78, 5) is 16.1. The Balaban J connectivity index is 1.44. The largest absolute Gasteiger partial charge is 0.211 e. The fourth-order valence-electron chi connectivity index (χ4n) is 7.22. The van der Waals surface area contributed by atoms with Crippen molar-refractivity contribution in [3.63, 3.8) is 0 Å². The highest BCUT2D eigenvalue weighted by atomic mass is 15.0. The molecule has 210 valence electrons. The molecule has 0 aliphatic heterocycles. The van der Waals surface area contributed by atoms with Crippen LogP contribution in [0.25, 0.3) is 55.4 Å². The standard InChI is InChI=1S/C42H27N3/c1-3-15-28(16-4-1)39-43-40(36-27-29-17-7-8-20-31(29)32-21-9-10-22-33(32)36)45-41(44-39)42(30-18-5-2-6-19-30)37-25-13-11-23-34(37)35-24-12-14-26-38(35)42/h1-27H. The number of nitrogens with zero attached hydrogens (tertiary/aromatic N) is 3. The molecule has 0 bridgehead atoms. The van der Waals surface area contributed by atoms with Gasteiger partial charge in [0.15, 0.2) is 17.5 Å². The van der Waals surface area contributed by atoms with Crippen LogP contribution in [0.15, 0.2) is 164 Å². The van der Waals surface area contributed by atoms with Gasteiger partial charge in [-0.15, -0.1) is 0 Å². The van der Waals surface area contributed by atoms with Crippen LogP contribution in [0.1, 0.15) is 22.5 Å². The van der Waals surface area contributed by atoms with Gasteiger partial charge in [-0.1, -0.05) is 158 Å². The predicted molar refractivity (Wildman–Crippen MR) is 183 cm³/mol. The van der Waals surface area contributed by atoms with Crippen molar-refractivity contribution in [2.45, 2.75) is 5.41 Å². The zero-order valence-electron chi connectivity index (χ0n) is 24.4. The topological polar surface area (TPSA) is 38.7 Å². The summed E-state index contributed by atoms with van der Waals surface area (Å²) in [5.74, 6) is 2.04. The second-order valence-corrected chi connectivity index (χ2v) is 11.6. The molecule has 1 aliphatic rings. The molecule has 0 saturated carbocycles. The van der Waals surface area contributed by atoms with E-state index < -0.39 is 5.41 Å². The third-order valence-corrected chi connectivity index (χ3v) is 9.17. The van der Waals surface area contributed by atoms with Gasteiger partial charge in [-0.25, -0.2) is 15.0 Å². The van der Waals surface area contributed by atoms with Crippen molar-refractivity contribution in [2.24, 2.45) is 0 Å². The van der Waals surface area contributed by atoms with E-state index in [-0.39, 0.29) is 0 Å². The van der Waals surface area contributed by atoms with E-state index >= 15 is 0 Å². The first-order valence-electron chi connectivity index (χ1n) is 15.3. The maximum Gasteiger partial charge on any atom is 0.164 e. The maximum atomic E-state index is 5.49. The molecule has 0 atom stereocenters. The summed E-state index contributed by atoms with van der Waals surface area (Å²) in [5.41, 5.74) is 7.11. The minimum Gasteiger partial charge on any atom is -0.211 e. The lowest BCUT2D eigenvalue weighted by molar-refractivity contribution is 0.692. The number of benzene rings is 7. The van der Waals surface area contributed by atoms with Crippen LogP contribution in [0.5, 0.6) is 0 Å². The van der Waals surface area contributed by atoms with Gasteiger partial charge >= 0.3 is 0 Å². The van der Waals surface area contributed by atoms with E-state index in [1.807, 2.05) is 18.2 Å². The van der Waals surface area contributed by atoms with Crippen molar-refractivity contribution in [2.75, 3.05) is 0 Å². The Labute approximate surface area is 261 Å². The molecule has 0 radical (unpaired) electrons. The highest BCUT2D eigenvalue weighted by molar-refractivity contribution is 6.13. The van der Waals surface area contributed by atoms with E-state index in [9.17, 15) is 0 Å². The van der Waals surface area contributed by atoms with Crippen molar-refractivity contribution in [1.82, 2.24) is 15.0 Å². The van der Waals surface area contributed by atoms with E-state index in [4.69, 9.17) is 15.0 Å². The molecule has 3 heteroatoms. The van der Waals surface area contributed by atoms with E-state index in [1.54, 1.807) is 0 Å². The molecule has 0 amide bonds. The molecule has 0 unspecified atom stereocenters. The second kappa shape index (κ2) is 10.1. The summed E-state index contributed by atoms with van der Waals surface area (Å²) in [5, 5.41) is 4.68. The Morgan fingerprint density at radius 1 is 0.378 bits per heavy atom. The van der Waals surface area contributed by atoms with E-state index in [1.165, 1.54) is 33.0 Å². The molecule has 0 N–H and O–H groups in total. The van der Waals surface area contributed by atoms with Gasteiger partial charge in [0, 0.05) is 11.1 Å². The van der Waals surface area contributed by atoms with Crippen molar-refractivity contribution in [1.29, 1.82) is 0 Å². The number of hydrogen-bond acceptors (Lipinski definition) is 3. The zero-order valence-corrected chi connectivity index (χ0v) is 24.4. The monoisotopic (exact) mass is 573 g/mol. The average Bonchev–Trinajstić information content (AvgIpc) is 3.43. The molecular weight excluding hydrogens is 546 g/mol. The lowest BCUT2D eigenvalue weighted by Gasteiger charge is -2.32. The van der Waals surface area contributed by atoms with Gasteiger partial charge in [0.2, 0.25) is 0 Å². The Bertz CT molecular complexity index is 2330. The Morgan fingerprint density at radius 2 is 0.911 bits per heavy atom. The lowest BCUT2D eigenvalue weighted by Crippen LogP contribution is -2.31. The summed E-state index contributed by atoms with van der Waals surface area (Å²) in [6.45, 7) is 0. The van der Waals surface area contributed by atoms with E-state index in [0.29, 0.717) is 17.5 Å². The van der Waals surface area contributed by atoms with Gasteiger partial charge in [0.25, 0.3) is 0 Å². The molecule has 0 saturated heterocycles. The van der Waals surface area contributed by atoms with Crippen LogP contribution in [-0.2, 0) is 5.41 Å². The maximum absolute atomic E-state index is 5.49. The summed E-state index contributed by atoms with van der Waals surface area (Å²) in [6.07, 6.45) is 0. The van der Waals surface area contributed by atoms with Crippen molar-refractivity contribution in [3.05, 3.63) is 186 Å². The number of rotatable bonds is 4. The van der Waals surface area contributed by atoms with Gasteiger partial charge in [0.05, 0.1) is 0 Å². The van der Waals surface area contributed by atoms with Crippen LogP contribution in [0.4, 0.5) is 0 Å². The predicted octanol–water partition coefficient (Wildman–Crippen LogP) is 9.88. The first-order valence-corrected chi connectivity index (χ1v) is 15.3. The molecule has 0 spiro atoms. The molecule has 3 nitrogen and oxygen atoms in total. The molecule has 1 aromatic heterocycles. The fraction of sp³-hybridized carbons (Fsp3) is 0.0238. The molecule has 45 heavy (non-hydrogen) atoms. The lowest BCUT2D eigenvalue weighted by atomic mass is 9.71. The summed E-state index contributed by atoms with van der Waals surface area (Å²) in [6, 6.07) is 57.7. The molecule has 7 aromatic carbocycles. The molecule has 8 aromatic rings. The van der Waals surface area contributed by atoms with Crippen LogP contribution in [0.3, 0.4) is 0 Å². The van der Waals surface area contributed by atoms with Crippen LogP contribution in [-0.4, -0.2) is 15.0 Å².